The number of rotatable bonds is 8. The average Bonchev–Trinajstić information content (AvgIpc) is 3.23. The molecule has 0 saturated heterocycles. The summed E-state index contributed by atoms with van der Waals surface area (Å²) in [5, 5.41) is 8.11. The number of carbonyl (C=O) groups excluding carboxylic acids is 1. The number of amides is 1. The van der Waals surface area contributed by atoms with E-state index in [4.69, 9.17) is 0 Å². The molecule has 2 aromatic carbocycles. The summed E-state index contributed by atoms with van der Waals surface area (Å²) in [6, 6.07) is 20.9. The third-order valence-corrected chi connectivity index (χ3v) is 6.57. The Morgan fingerprint density at radius 2 is 1.59 bits per heavy atom. The van der Waals surface area contributed by atoms with Crippen LogP contribution < -0.4 is 5.32 Å². The summed E-state index contributed by atoms with van der Waals surface area (Å²) >= 11 is 1.33. The molecule has 2 heterocycles. The van der Waals surface area contributed by atoms with Gasteiger partial charge in [-0.1, -0.05) is 72.4 Å². The Morgan fingerprint density at radius 3 is 2.22 bits per heavy atom. The van der Waals surface area contributed by atoms with Crippen LogP contribution in [0.4, 0.5) is 0 Å². The van der Waals surface area contributed by atoms with Gasteiger partial charge in [0.15, 0.2) is 0 Å². The van der Waals surface area contributed by atoms with Crippen molar-refractivity contribution in [3.8, 4) is 0 Å². The number of aryl methyl sites for hydroxylation is 2. The Balaban J connectivity index is 1.34. The van der Waals surface area contributed by atoms with E-state index < -0.39 is 0 Å². The molecule has 4 aromatic rings. The van der Waals surface area contributed by atoms with Gasteiger partial charge in [0, 0.05) is 23.9 Å². The molecule has 6 nitrogen and oxygen atoms in total. The summed E-state index contributed by atoms with van der Waals surface area (Å²) in [5.41, 5.74) is 5.57. The van der Waals surface area contributed by atoms with E-state index in [0.717, 1.165) is 23.4 Å². The van der Waals surface area contributed by atoms with Gasteiger partial charge in [-0.15, -0.1) is 5.10 Å². The molecule has 32 heavy (non-hydrogen) atoms. The van der Waals surface area contributed by atoms with Gasteiger partial charge in [0.1, 0.15) is 0 Å². The molecule has 0 radical (unpaired) electrons. The molecule has 0 spiro atoms. The number of hydrogen-bond donors (Lipinski definition) is 1. The average molecular weight is 446 g/mol. The summed E-state index contributed by atoms with van der Waals surface area (Å²) in [6.45, 7) is 6.60. The molecule has 0 saturated carbocycles. The molecule has 1 N–H and O–H groups in total. The van der Waals surface area contributed by atoms with Gasteiger partial charge < -0.3 is 5.32 Å². The van der Waals surface area contributed by atoms with E-state index in [1.165, 1.54) is 22.9 Å². The molecule has 0 fully saturated rings. The zero-order chi connectivity index (χ0) is 22.5. The highest BCUT2D eigenvalue weighted by atomic mass is 32.2. The number of benzene rings is 2. The third-order valence-electron chi connectivity index (χ3n) is 5.73. The Hall–Kier alpha value is -3.19. The molecule has 0 aliphatic carbocycles. The topological polar surface area (TPSA) is 72.2 Å². The summed E-state index contributed by atoms with van der Waals surface area (Å²) in [4.78, 5) is 21.4. The number of nitrogens with one attached hydrogen (secondary N) is 1. The summed E-state index contributed by atoms with van der Waals surface area (Å²) in [5.74, 6) is 1.06. The van der Waals surface area contributed by atoms with E-state index in [1.807, 2.05) is 32.9 Å². The first-order chi connectivity index (χ1) is 15.5. The second-order valence-electron chi connectivity index (χ2n) is 7.82. The minimum Gasteiger partial charge on any atom is -0.355 e. The van der Waals surface area contributed by atoms with Crippen molar-refractivity contribution in [2.45, 2.75) is 38.3 Å². The highest BCUT2D eigenvalue weighted by Crippen LogP contribution is 2.27. The van der Waals surface area contributed by atoms with Gasteiger partial charge in [0.2, 0.25) is 11.1 Å². The van der Waals surface area contributed by atoms with Crippen molar-refractivity contribution in [3.05, 3.63) is 88.7 Å². The summed E-state index contributed by atoms with van der Waals surface area (Å²) in [6.07, 6.45) is 0.832. The molecule has 0 unspecified atom stereocenters. The minimum absolute atomic E-state index is 0.0224. The number of fused-ring (bicyclic) bond motifs is 1. The zero-order valence-electron chi connectivity index (χ0n) is 18.6. The van der Waals surface area contributed by atoms with Crippen molar-refractivity contribution in [1.29, 1.82) is 0 Å². The second kappa shape index (κ2) is 9.96. The molecule has 164 valence electrons. The van der Waals surface area contributed by atoms with Crippen LogP contribution in [0.2, 0.25) is 0 Å². The highest BCUT2D eigenvalue weighted by Gasteiger charge is 2.15. The van der Waals surface area contributed by atoms with Crippen molar-refractivity contribution >= 4 is 23.4 Å². The Labute approximate surface area is 192 Å². The van der Waals surface area contributed by atoms with Crippen LogP contribution in [0.25, 0.3) is 5.78 Å². The Morgan fingerprint density at radius 1 is 0.969 bits per heavy atom. The fourth-order valence-corrected chi connectivity index (χ4v) is 4.38. The van der Waals surface area contributed by atoms with E-state index in [9.17, 15) is 4.79 Å². The van der Waals surface area contributed by atoms with Gasteiger partial charge in [-0.2, -0.15) is 4.98 Å². The lowest BCUT2D eigenvalue weighted by Crippen LogP contribution is -2.27. The normalized spacial score (nSPS) is 11.2. The monoisotopic (exact) mass is 445 g/mol. The predicted octanol–water partition coefficient (Wildman–Crippen LogP) is 4.48. The molecule has 0 atom stereocenters. The molecular weight excluding hydrogens is 418 g/mol. The lowest BCUT2D eigenvalue weighted by Gasteiger charge is -2.18. The van der Waals surface area contributed by atoms with Crippen LogP contribution in [0, 0.1) is 20.8 Å². The number of aromatic nitrogens is 4. The van der Waals surface area contributed by atoms with Crippen molar-refractivity contribution in [2.75, 3.05) is 12.3 Å². The van der Waals surface area contributed by atoms with Gasteiger partial charge >= 0.3 is 0 Å². The lowest BCUT2D eigenvalue weighted by atomic mass is 9.88. The predicted molar refractivity (Wildman–Crippen MR) is 128 cm³/mol. The first-order valence-electron chi connectivity index (χ1n) is 10.7. The van der Waals surface area contributed by atoms with E-state index >= 15 is 0 Å². The summed E-state index contributed by atoms with van der Waals surface area (Å²) in [7, 11) is 0. The molecule has 4 rings (SSSR count). The van der Waals surface area contributed by atoms with Gasteiger partial charge in [-0.3, -0.25) is 4.79 Å². The maximum Gasteiger partial charge on any atom is 0.253 e. The van der Waals surface area contributed by atoms with Crippen LogP contribution in [-0.2, 0) is 4.79 Å². The Bertz CT molecular complexity index is 1170. The van der Waals surface area contributed by atoms with E-state index in [2.05, 4.69) is 68.9 Å². The van der Waals surface area contributed by atoms with Crippen LogP contribution >= 0.6 is 11.8 Å². The smallest absolute Gasteiger partial charge is 0.253 e. The van der Waals surface area contributed by atoms with E-state index in [1.54, 1.807) is 4.52 Å². The Kier molecular flexibility index (Phi) is 6.85. The van der Waals surface area contributed by atoms with Crippen LogP contribution in [-0.4, -0.2) is 37.8 Å². The quantitative estimate of drug-likeness (QED) is 0.405. The van der Waals surface area contributed by atoms with Gasteiger partial charge in [-0.25, -0.2) is 9.50 Å². The first-order valence-corrected chi connectivity index (χ1v) is 11.7. The van der Waals surface area contributed by atoms with Crippen LogP contribution in [0.5, 0.6) is 0 Å². The summed E-state index contributed by atoms with van der Waals surface area (Å²) < 4.78 is 1.74. The maximum absolute atomic E-state index is 12.5. The lowest BCUT2D eigenvalue weighted by molar-refractivity contribution is -0.118. The molecule has 0 aliphatic rings. The highest BCUT2D eigenvalue weighted by molar-refractivity contribution is 7.99. The molecule has 7 heteroatoms. The van der Waals surface area contributed by atoms with Crippen molar-refractivity contribution < 1.29 is 4.79 Å². The zero-order valence-corrected chi connectivity index (χ0v) is 19.4. The van der Waals surface area contributed by atoms with Crippen LogP contribution in [0.1, 0.15) is 40.4 Å². The van der Waals surface area contributed by atoms with Crippen molar-refractivity contribution in [1.82, 2.24) is 24.9 Å². The van der Waals surface area contributed by atoms with Gasteiger partial charge in [0.05, 0.1) is 5.75 Å². The standard InChI is InChI=1S/C25H27N5OS/c1-17-18(2)27-24-28-25(29-30(24)19(17)3)32-16-23(31)26-15-14-22(20-10-6-4-7-11-20)21-12-8-5-9-13-21/h4-13,22H,14-16H2,1-3H3,(H,26,31). The molecule has 0 bridgehead atoms. The van der Waals surface area contributed by atoms with Crippen LogP contribution in [0.3, 0.4) is 0 Å². The van der Waals surface area contributed by atoms with E-state index in [-0.39, 0.29) is 17.6 Å². The largest absolute Gasteiger partial charge is 0.355 e. The van der Waals surface area contributed by atoms with Crippen molar-refractivity contribution in [2.24, 2.45) is 0 Å². The molecule has 1 amide bonds. The van der Waals surface area contributed by atoms with Crippen LogP contribution in [0.15, 0.2) is 65.8 Å². The molecule has 0 aliphatic heterocycles. The van der Waals surface area contributed by atoms with Crippen molar-refractivity contribution in [3.63, 3.8) is 0 Å². The minimum atomic E-state index is -0.0224. The fourth-order valence-electron chi connectivity index (χ4n) is 3.73. The molecular formula is C25H27N5OS. The maximum atomic E-state index is 12.5. The van der Waals surface area contributed by atoms with Gasteiger partial charge in [0.25, 0.3) is 5.78 Å². The van der Waals surface area contributed by atoms with E-state index in [0.29, 0.717) is 17.5 Å². The van der Waals surface area contributed by atoms with Gasteiger partial charge in [-0.05, 0) is 43.9 Å². The fraction of sp³-hybridized carbons (Fsp3) is 0.280. The molecule has 2 aromatic heterocycles. The number of carbonyl (C=O) groups is 1. The number of nitrogens with zero attached hydrogens (tertiary/aromatic N) is 4. The number of thioether (sulfide) groups is 1. The first kappa shape index (κ1) is 22.0. The SMILES string of the molecule is Cc1nc2nc(SCC(=O)NCCC(c3ccccc3)c3ccccc3)nn2c(C)c1C. The number of hydrogen-bond acceptors (Lipinski definition) is 5. The second-order valence-corrected chi connectivity index (χ2v) is 8.76. The third kappa shape index (κ3) is 4.99.